The maximum absolute atomic E-state index is 11.0. The molecule has 3 heterocycles. The highest BCUT2D eigenvalue weighted by atomic mass is 16.4. The molecule has 0 amide bonds. The first-order valence-corrected chi connectivity index (χ1v) is 9.12. The third kappa shape index (κ3) is 3.61. The van der Waals surface area contributed by atoms with Crippen molar-refractivity contribution in [1.29, 1.82) is 0 Å². The summed E-state index contributed by atoms with van der Waals surface area (Å²) in [5.74, 6) is -0.892. The number of carboxylic acids is 1. The molecule has 1 saturated heterocycles. The van der Waals surface area contributed by atoms with Crippen LogP contribution in [0.25, 0.3) is 11.4 Å². The molecule has 6 nitrogen and oxygen atoms in total. The zero-order valence-corrected chi connectivity index (χ0v) is 15.2. The molecule has 0 unspecified atom stereocenters. The first-order valence-electron chi connectivity index (χ1n) is 9.12. The zero-order valence-electron chi connectivity index (χ0n) is 15.2. The summed E-state index contributed by atoms with van der Waals surface area (Å²) in [5.41, 5.74) is 4.46. The minimum atomic E-state index is -0.892. The van der Waals surface area contributed by atoms with Crippen molar-refractivity contribution in [3.8, 4) is 11.4 Å². The number of aryl methyl sites for hydroxylation is 1. The fourth-order valence-electron chi connectivity index (χ4n) is 3.72. The Morgan fingerprint density at radius 1 is 1.22 bits per heavy atom. The Kier molecular flexibility index (Phi) is 4.73. The van der Waals surface area contributed by atoms with Gasteiger partial charge in [0, 0.05) is 13.6 Å². The number of imidazole rings is 1. The molecule has 2 aromatic heterocycles. The number of aromatic nitrogens is 3. The van der Waals surface area contributed by atoms with Crippen molar-refractivity contribution in [3.05, 3.63) is 71.8 Å². The molecule has 1 aromatic carbocycles. The summed E-state index contributed by atoms with van der Waals surface area (Å²) in [4.78, 5) is 22.5. The Morgan fingerprint density at radius 2 is 2.04 bits per heavy atom. The molecule has 0 radical (unpaired) electrons. The van der Waals surface area contributed by atoms with Gasteiger partial charge in [0.1, 0.15) is 0 Å². The van der Waals surface area contributed by atoms with Crippen LogP contribution >= 0.6 is 0 Å². The minimum Gasteiger partial charge on any atom is -0.478 e. The highest BCUT2D eigenvalue weighted by Gasteiger charge is 2.27. The topological polar surface area (TPSA) is 71.2 Å². The molecule has 0 aliphatic carbocycles. The summed E-state index contributed by atoms with van der Waals surface area (Å²) >= 11 is 0. The fourth-order valence-corrected chi connectivity index (χ4v) is 3.72. The van der Waals surface area contributed by atoms with Gasteiger partial charge in [-0.3, -0.25) is 4.90 Å². The molecule has 6 heteroatoms. The first kappa shape index (κ1) is 17.4. The standard InChI is InChI=1S/C21H22N4O2/c1-24-14-22-12-20(24)18-5-2-4-17(23-18)19-6-3-11-25(19)13-15-7-9-16(10-8-15)21(26)27/h2,4-5,7-10,12,14,19H,3,6,11,13H2,1H3,(H,26,27)/t19-/m1/s1. The molecule has 0 saturated carbocycles. The van der Waals surface area contributed by atoms with Crippen molar-refractivity contribution >= 4 is 5.97 Å². The van der Waals surface area contributed by atoms with E-state index in [2.05, 4.69) is 22.0 Å². The third-order valence-electron chi connectivity index (χ3n) is 5.14. The monoisotopic (exact) mass is 362 g/mol. The number of likely N-dealkylation sites (tertiary alicyclic amines) is 1. The second kappa shape index (κ2) is 7.32. The highest BCUT2D eigenvalue weighted by Crippen LogP contribution is 2.33. The summed E-state index contributed by atoms with van der Waals surface area (Å²) in [5, 5.41) is 9.05. The third-order valence-corrected chi connectivity index (χ3v) is 5.14. The van der Waals surface area contributed by atoms with E-state index < -0.39 is 5.97 Å². The van der Waals surface area contributed by atoms with Gasteiger partial charge in [-0.1, -0.05) is 18.2 Å². The molecule has 0 bridgehead atoms. The second-order valence-corrected chi connectivity index (χ2v) is 6.97. The molecule has 1 aliphatic rings. The molecular formula is C21H22N4O2. The van der Waals surface area contributed by atoms with Gasteiger partial charge in [-0.15, -0.1) is 0 Å². The quantitative estimate of drug-likeness (QED) is 0.752. The average molecular weight is 362 g/mol. The molecule has 4 rings (SSSR count). The molecular weight excluding hydrogens is 340 g/mol. The molecule has 1 N–H and O–H groups in total. The molecule has 1 aliphatic heterocycles. The fraction of sp³-hybridized carbons (Fsp3) is 0.286. The van der Waals surface area contributed by atoms with E-state index in [4.69, 9.17) is 10.1 Å². The lowest BCUT2D eigenvalue weighted by atomic mass is 10.1. The Bertz CT molecular complexity index is 949. The van der Waals surface area contributed by atoms with E-state index in [9.17, 15) is 4.79 Å². The molecule has 27 heavy (non-hydrogen) atoms. The van der Waals surface area contributed by atoms with Crippen molar-refractivity contribution < 1.29 is 9.90 Å². The van der Waals surface area contributed by atoms with Crippen molar-refractivity contribution in [2.75, 3.05) is 6.54 Å². The maximum Gasteiger partial charge on any atom is 0.335 e. The maximum atomic E-state index is 11.0. The van der Waals surface area contributed by atoms with Crippen LogP contribution in [0.5, 0.6) is 0 Å². The smallest absolute Gasteiger partial charge is 0.335 e. The molecule has 1 fully saturated rings. The normalized spacial score (nSPS) is 17.3. The summed E-state index contributed by atoms with van der Waals surface area (Å²) in [6, 6.07) is 13.6. The van der Waals surface area contributed by atoms with Gasteiger partial charge in [0.2, 0.25) is 0 Å². The van der Waals surface area contributed by atoms with Gasteiger partial charge in [-0.2, -0.15) is 0 Å². The summed E-state index contributed by atoms with van der Waals surface area (Å²) in [6.07, 6.45) is 5.83. The number of carboxylic acid groups (broad SMARTS) is 1. The predicted octanol–water partition coefficient (Wildman–Crippen LogP) is 3.52. The largest absolute Gasteiger partial charge is 0.478 e. The number of rotatable bonds is 5. The van der Waals surface area contributed by atoms with Gasteiger partial charge in [0.15, 0.2) is 0 Å². The summed E-state index contributed by atoms with van der Waals surface area (Å²) < 4.78 is 1.97. The van der Waals surface area contributed by atoms with E-state index in [1.165, 1.54) is 0 Å². The van der Waals surface area contributed by atoms with E-state index in [0.29, 0.717) is 5.56 Å². The number of pyridine rings is 1. The first-order chi connectivity index (χ1) is 13.1. The molecule has 138 valence electrons. The number of benzene rings is 1. The van der Waals surface area contributed by atoms with Crippen molar-refractivity contribution in [3.63, 3.8) is 0 Å². The van der Waals surface area contributed by atoms with Crippen LogP contribution in [-0.2, 0) is 13.6 Å². The van der Waals surface area contributed by atoms with Gasteiger partial charge in [0.25, 0.3) is 0 Å². The van der Waals surface area contributed by atoms with Crippen molar-refractivity contribution in [2.45, 2.75) is 25.4 Å². The van der Waals surface area contributed by atoms with Gasteiger partial charge in [-0.05, 0) is 49.2 Å². The zero-order chi connectivity index (χ0) is 18.8. The van der Waals surface area contributed by atoms with Crippen LogP contribution in [0.15, 0.2) is 55.0 Å². The molecule has 1 atom stereocenters. The van der Waals surface area contributed by atoms with Crippen LogP contribution in [0.1, 0.15) is 40.5 Å². The van der Waals surface area contributed by atoms with E-state index in [1.54, 1.807) is 18.5 Å². The van der Waals surface area contributed by atoms with E-state index >= 15 is 0 Å². The summed E-state index contributed by atoms with van der Waals surface area (Å²) in [7, 11) is 1.97. The van der Waals surface area contributed by atoms with Crippen LogP contribution in [0, 0.1) is 0 Å². The second-order valence-electron chi connectivity index (χ2n) is 6.97. The Balaban J connectivity index is 1.55. The van der Waals surface area contributed by atoms with Crippen LogP contribution in [0.3, 0.4) is 0 Å². The summed E-state index contributed by atoms with van der Waals surface area (Å²) in [6.45, 7) is 1.81. The van der Waals surface area contributed by atoms with Crippen molar-refractivity contribution in [1.82, 2.24) is 19.4 Å². The number of hydrogen-bond acceptors (Lipinski definition) is 4. The average Bonchev–Trinajstić information content (AvgIpc) is 3.31. The van der Waals surface area contributed by atoms with E-state index in [0.717, 1.165) is 48.6 Å². The number of hydrogen-bond donors (Lipinski definition) is 1. The highest BCUT2D eigenvalue weighted by molar-refractivity contribution is 5.87. The lowest BCUT2D eigenvalue weighted by Crippen LogP contribution is -2.23. The SMILES string of the molecule is Cn1cncc1-c1cccc([C@H]2CCCN2Cc2ccc(C(=O)O)cc2)n1. The van der Waals surface area contributed by atoms with Crippen LogP contribution in [0.4, 0.5) is 0 Å². The van der Waals surface area contributed by atoms with Gasteiger partial charge in [0.05, 0.1) is 41.2 Å². The van der Waals surface area contributed by atoms with Gasteiger partial charge < -0.3 is 9.67 Å². The van der Waals surface area contributed by atoms with Crippen LogP contribution in [-0.4, -0.2) is 37.1 Å². The lowest BCUT2D eigenvalue weighted by molar-refractivity contribution is 0.0697. The Hall–Kier alpha value is -2.99. The van der Waals surface area contributed by atoms with Crippen LogP contribution < -0.4 is 0 Å². The van der Waals surface area contributed by atoms with Gasteiger partial charge >= 0.3 is 5.97 Å². The number of nitrogens with zero attached hydrogens (tertiary/aromatic N) is 4. The Labute approximate surface area is 158 Å². The molecule has 3 aromatic rings. The Morgan fingerprint density at radius 3 is 2.74 bits per heavy atom. The predicted molar refractivity (Wildman–Crippen MR) is 102 cm³/mol. The van der Waals surface area contributed by atoms with Crippen molar-refractivity contribution in [2.24, 2.45) is 7.05 Å². The van der Waals surface area contributed by atoms with E-state index in [-0.39, 0.29) is 6.04 Å². The number of carbonyl (C=O) groups is 1. The lowest BCUT2D eigenvalue weighted by Gasteiger charge is -2.24. The molecule has 0 spiro atoms. The number of aromatic carboxylic acids is 1. The minimum absolute atomic E-state index is 0.275. The van der Waals surface area contributed by atoms with E-state index in [1.807, 2.05) is 36.0 Å². The van der Waals surface area contributed by atoms with Crippen LogP contribution in [0.2, 0.25) is 0 Å². The van der Waals surface area contributed by atoms with Gasteiger partial charge in [-0.25, -0.2) is 14.8 Å².